The van der Waals surface area contributed by atoms with Crippen molar-refractivity contribution in [1.82, 2.24) is 0 Å². The van der Waals surface area contributed by atoms with Gasteiger partial charge in [0.1, 0.15) is 5.84 Å². The molecule has 0 bridgehead atoms. The molecule has 41 heavy (non-hydrogen) atoms. The van der Waals surface area contributed by atoms with Crippen LogP contribution >= 0.6 is 0 Å². The first kappa shape index (κ1) is 25.7. The van der Waals surface area contributed by atoms with Gasteiger partial charge in [0.2, 0.25) is 0 Å². The summed E-state index contributed by atoms with van der Waals surface area (Å²) >= 11 is 0. The van der Waals surface area contributed by atoms with E-state index in [-0.39, 0.29) is 12.0 Å². The van der Waals surface area contributed by atoms with E-state index in [1.807, 2.05) is 0 Å². The van der Waals surface area contributed by atoms with Gasteiger partial charge in [0, 0.05) is 24.0 Å². The Morgan fingerprint density at radius 1 is 0.756 bits per heavy atom. The molecule has 2 nitrogen and oxygen atoms in total. The summed E-state index contributed by atoms with van der Waals surface area (Å²) in [5.74, 6) is 2.14. The third-order valence-electron chi connectivity index (χ3n) is 8.85. The molecule has 0 N–H and O–H groups in total. The van der Waals surface area contributed by atoms with E-state index in [1.165, 1.54) is 44.7 Å². The Morgan fingerprint density at radius 2 is 1.61 bits per heavy atom. The molecule has 0 amide bonds. The second-order valence-corrected chi connectivity index (χ2v) is 11.7. The lowest BCUT2D eigenvalue weighted by molar-refractivity contribution is 0.698. The van der Waals surface area contributed by atoms with E-state index in [0.29, 0.717) is 11.8 Å². The van der Waals surface area contributed by atoms with Gasteiger partial charge in [-0.2, -0.15) is 0 Å². The summed E-state index contributed by atoms with van der Waals surface area (Å²) in [6, 6.07) is 29.1. The van der Waals surface area contributed by atoms with Gasteiger partial charge >= 0.3 is 0 Å². The fraction of sp³-hybridized carbons (Fsp3) is 0.231. The maximum atomic E-state index is 5.30. The standard InChI is InChI=1S/C39H36N2/c1-27-12-10-18-31(24-27)37-26-38(41-39(40-37)29-15-6-3-7-16-29)32-19-11-17-30(25-32)34-23-22-33(28-13-4-2-5-14-28)35-20-8-9-21-36(34)35/h2-15,17-21,23,25,27,29,33,38H,16,22,24,26H2,1H3. The zero-order valence-corrected chi connectivity index (χ0v) is 23.7. The highest BCUT2D eigenvalue weighted by molar-refractivity contribution is 6.10. The Labute approximate surface area is 244 Å². The lowest BCUT2D eigenvalue weighted by Gasteiger charge is -2.28. The number of benzene rings is 3. The molecule has 4 aliphatic rings. The fourth-order valence-electron chi connectivity index (χ4n) is 6.71. The smallest absolute Gasteiger partial charge is 0.131 e. The van der Waals surface area contributed by atoms with Crippen molar-refractivity contribution in [2.45, 2.75) is 44.6 Å². The first-order valence-electron chi connectivity index (χ1n) is 15.0. The number of rotatable bonds is 5. The molecular weight excluding hydrogens is 496 g/mol. The van der Waals surface area contributed by atoms with Crippen molar-refractivity contribution >= 4 is 17.1 Å². The number of hydrogen-bond acceptors (Lipinski definition) is 2. The molecule has 1 aliphatic heterocycles. The fourth-order valence-corrected chi connectivity index (χ4v) is 6.71. The molecule has 3 aliphatic carbocycles. The van der Waals surface area contributed by atoms with Crippen LogP contribution in [0.15, 0.2) is 143 Å². The second kappa shape index (κ2) is 11.3. The molecular formula is C39H36N2. The van der Waals surface area contributed by atoms with Crippen LogP contribution in [0.25, 0.3) is 5.57 Å². The molecule has 3 aromatic carbocycles. The van der Waals surface area contributed by atoms with E-state index in [1.54, 1.807) is 0 Å². The summed E-state index contributed by atoms with van der Waals surface area (Å²) in [5, 5.41) is 0. The number of allylic oxidation sites excluding steroid dienone is 8. The Kier molecular flexibility index (Phi) is 7.07. The zero-order valence-electron chi connectivity index (χ0n) is 23.7. The van der Waals surface area contributed by atoms with Crippen molar-refractivity contribution in [2.75, 3.05) is 0 Å². The van der Waals surface area contributed by atoms with Crippen LogP contribution in [0.4, 0.5) is 0 Å². The average Bonchev–Trinajstić information content (AvgIpc) is 3.05. The van der Waals surface area contributed by atoms with Crippen LogP contribution in [0.2, 0.25) is 0 Å². The molecule has 2 heteroatoms. The van der Waals surface area contributed by atoms with E-state index < -0.39 is 0 Å². The minimum atomic E-state index is 0.0652. The van der Waals surface area contributed by atoms with E-state index >= 15 is 0 Å². The Bertz CT molecular complexity index is 1660. The Morgan fingerprint density at radius 3 is 2.46 bits per heavy atom. The van der Waals surface area contributed by atoms with Gasteiger partial charge < -0.3 is 0 Å². The second-order valence-electron chi connectivity index (χ2n) is 11.7. The maximum absolute atomic E-state index is 5.30. The molecule has 0 radical (unpaired) electrons. The highest BCUT2D eigenvalue weighted by Crippen LogP contribution is 2.42. The summed E-state index contributed by atoms with van der Waals surface area (Å²) in [6.45, 7) is 2.29. The Balaban J connectivity index is 1.24. The van der Waals surface area contributed by atoms with Gasteiger partial charge in [0.15, 0.2) is 0 Å². The minimum Gasteiger partial charge on any atom is -0.261 e. The molecule has 1 heterocycles. The number of fused-ring (bicyclic) bond motifs is 1. The van der Waals surface area contributed by atoms with E-state index in [2.05, 4.69) is 134 Å². The first-order chi connectivity index (χ1) is 20.2. The largest absolute Gasteiger partial charge is 0.261 e. The van der Waals surface area contributed by atoms with Crippen LogP contribution in [0.1, 0.15) is 72.4 Å². The van der Waals surface area contributed by atoms with Crippen molar-refractivity contribution in [2.24, 2.45) is 21.8 Å². The summed E-state index contributed by atoms with van der Waals surface area (Å²) in [7, 11) is 0. The average molecular weight is 533 g/mol. The molecule has 0 saturated carbocycles. The number of aliphatic imine (C=N–C) groups is 2. The van der Waals surface area contributed by atoms with Crippen molar-refractivity contribution in [3.05, 3.63) is 161 Å². The van der Waals surface area contributed by atoms with Crippen LogP contribution in [0.5, 0.6) is 0 Å². The molecule has 4 atom stereocenters. The molecule has 202 valence electrons. The molecule has 0 spiro atoms. The van der Waals surface area contributed by atoms with Crippen molar-refractivity contribution in [3.63, 3.8) is 0 Å². The number of hydrogen-bond donors (Lipinski definition) is 0. The van der Waals surface area contributed by atoms with Crippen LogP contribution in [-0.4, -0.2) is 11.5 Å². The monoisotopic (exact) mass is 532 g/mol. The Hall–Kier alpha value is -4.30. The summed E-state index contributed by atoms with van der Waals surface area (Å²) in [4.78, 5) is 10.5. The predicted octanol–water partition coefficient (Wildman–Crippen LogP) is 9.59. The highest BCUT2D eigenvalue weighted by Gasteiger charge is 2.28. The first-order valence-corrected chi connectivity index (χ1v) is 15.0. The van der Waals surface area contributed by atoms with Crippen molar-refractivity contribution in [1.29, 1.82) is 0 Å². The topological polar surface area (TPSA) is 24.7 Å². The quantitative estimate of drug-likeness (QED) is 0.312. The van der Waals surface area contributed by atoms with Crippen LogP contribution in [0, 0.1) is 11.8 Å². The highest BCUT2D eigenvalue weighted by atomic mass is 15.0. The molecule has 0 aromatic heterocycles. The minimum absolute atomic E-state index is 0.0652. The normalized spacial score (nSPS) is 25.1. The van der Waals surface area contributed by atoms with Gasteiger partial charge in [-0.25, -0.2) is 4.99 Å². The lowest BCUT2D eigenvalue weighted by Crippen LogP contribution is -2.23. The molecule has 0 saturated heterocycles. The molecule has 3 aromatic rings. The SMILES string of the molecule is CC1C=CC=C(C2=NC(C3C=CC=CC3)=NC(c3cccc(C4=CCC(c5ccccc5)c5ccccc54)c3)C2)C1. The lowest BCUT2D eigenvalue weighted by atomic mass is 9.77. The van der Waals surface area contributed by atoms with Crippen molar-refractivity contribution < 1.29 is 0 Å². The number of amidine groups is 1. The van der Waals surface area contributed by atoms with Gasteiger partial charge in [-0.05, 0) is 70.2 Å². The van der Waals surface area contributed by atoms with Gasteiger partial charge in [0.25, 0.3) is 0 Å². The molecule has 7 rings (SSSR count). The third kappa shape index (κ3) is 5.27. The van der Waals surface area contributed by atoms with Gasteiger partial charge in [-0.15, -0.1) is 0 Å². The zero-order chi connectivity index (χ0) is 27.6. The molecule has 4 unspecified atom stereocenters. The van der Waals surface area contributed by atoms with Crippen LogP contribution in [0.3, 0.4) is 0 Å². The van der Waals surface area contributed by atoms with E-state index in [9.17, 15) is 0 Å². The van der Waals surface area contributed by atoms with E-state index in [0.717, 1.165) is 31.5 Å². The van der Waals surface area contributed by atoms with E-state index in [4.69, 9.17) is 9.98 Å². The molecule has 0 fully saturated rings. The van der Waals surface area contributed by atoms with Crippen molar-refractivity contribution in [3.8, 4) is 0 Å². The summed E-state index contributed by atoms with van der Waals surface area (Å²) in [5.41, 5.74) is 10.6. The summed E-state index contributed by atoms with van der Waals surface area (Å²) < 4.78 is 0. The van der Waals surface area contributed by atoms with Gasteiger partial charge in [-0.1, -0.05) is 128 Å². The number of nitrogens with zero attached hydrogens (tertiary/aromatic N) is 2. The van der Waals surface area contributed by atoms with Crippen LogP contribution < -0.4 is 0 Å². The van der Waals surface area contributed by atoms with Crippen LogP contribution in [-0.2, 0) is 0 Å². The predicted molar refractivity (Wildman–Crippen MR) is 172 cm³/mol. The maximum Gasteiger partial charge on any atom is 0.131 e. The van der Waals surface area contributed by atoms with Gasteiger partial charge in [0.05, 0.1) is 6.04 Å². The third-order valence-corrected chi connectivity index (χ3v) is 8.85. The van der Waals surface area contributed by atoms with Gasteiger partial charge in [-0.3, -0.25) is 4.99 Å². The summed E-state index contributed by atoms with van der Waals surface area (Å²) in [6.07, 6.45) is 21.8.